The van der Waals surface area contributed by atoms with Crippen LogP contribution in [0.2, 0.25) is 0 Å². The highest BCUT2D eigenvalue weighted by atomic mass is 16.5. The lowest BCUT2D eigenvalue weighted by Crippen LogP contribution is -2.45. The van der Waals surface area contributed by atoms with Crippen molar-refractivity contribution in [3.8, 4) is 0 Å². The summed E-state index contributed by atoms with van der Waals surface area (Å²) in [6, 6.07) is 11.0. The van der Waals surface area contributed by atoms with Crippen LogP contribution in [0.1, 0.15) is 37.7 Å². The summed E-state index contributed by atoms with van der Waals surface area (Å²) in [6.45, 7) is 6.00. The van der Waals surface area contributed by atoms with Gasteiger partial charge in [-0.25, -0.2) is 0 Å². The molecule has 0 aromatic heterocycles. The van der Waals surface area contributed by atoms with Crippen LogP contribution in [0.25, 0.3) is 0 Å². The molecule has 2 heterocycles. The van der Waals surface area contributed by atoms with Crippen molar-refractivity contribution in [3.63, 3.8) is 0 Å². The van der Waals surface area contributed by atoms with Crippen molar-refractivity contribution in [2.24, 2.45) is 0 Å². The lowest BCUT2D eigenvalue weighted by Gasteiger charge is -2.36. The van der Waals surface area contributed by atoms with Crippen LogP contribution in [-0.2, 0) is 16.0 Å². The fourth-order valence-electron chi connectivity index (χ4n) is 3.84. The molecule has 0 bridgehead atoms. The molecule has 0 aliphatic carbocycles. The number of carbonyl (C=O) groups excluding carboxylic acids is 1. The standard InChI is InChI=1S/C20H30N2O2/c23-20-8-4-13-22(20)19-9-14-21(15-10-19)12-5-16-24-17-11-18-6-2-1-3-7-18/h1-3,6-7,19H,4-5,8-17H2. The Morgan fingerprint density at radius 3 is 2.54 bits per heavy atom. The molecular weight excluding hydrogens is 300 g/mol. The molecule has 4 nitrogen and oxygen atoms in total. The first-order valence-electron chi connectivity index (χ1n) is 9.46. The number of ether oxygens (including phenoxy) is 1. The largest absolute Gasteiger partial charge is 0.381 e. The minimum Gasteiger partial charge on any atom is -0.381 e. The molecule has 132 valence electrons. The van der Waals surface area contributed by atoms with E-state index < -0.39 is 0 Å². The molecule has 24 heavy (non-hydrogen) atoms. The number of amides is 1. The van der Waals surface area contributed by atoms with Crippen molar-refractivity contribution in [2.45, 2.75) is 44.6 Å². The molecule has 0 atom stereocenters. The van der Waals surface area contributed by atoms with Crippen LogP contribution in [0.5, 0.6) is 0 Å². The zero-order valence-corrected chi connectivity index (χ0v) is 14.7. The Balaban J connectivity index is 1.23. The van der Waals surface area contributed by atoms with Gasteiger partial charge >= 0.3 is 0 Å². The summed E-state index contributed by atoms with van der Waals surface area (Å²) in [5, 5.41) is 0. The van der Waals surface area contributed by atoms with Crippen LogP contribution in [0.3, 0.4) is 0 Å². The van der Waals surface area contributed by atoms with Gasteiger partial charge in [0.05, 0.1) is 6.61 Å². The quantitative estimate of drug-likeness (QED) is 0.687. The summed E-state index contributed by atoms with van der Waals surface area (Å²) in [4.78, 5) is 16.5. The molecule has 3 rings (SSSR count). The minimum atomic E-state index is 0.375. The molecule has 2 fully saturated rings. The number of hydrogen-bond donors (Lipinski definition) is 0. The zero-order chi connectivity index (χ0) is 16.6. The molecular formula is C20H30N2O2. The van der Waals surface area contributed by atoms with Gasteiger partial charge in [-0.1, -0.05) is 30.3 Å². The van der Waals surface area contributed by atoms with E-state index in [9.17, 15) is 4.79 Å². The van der Waals surface area contributed by atoms with Crippen molar-refractivity contribution >= 4 is 5.91 Å². The highest BCUT2D eigenvalue weighted by molar-refractivity contribution is 5.78. The number of benzene rings is 1. The summed E-state index contributed by atoms with van der Waals surface area (Å²) in [7, 11) is 0. The third kappa shape index (κ3) is 5.05. The Bertz CT molecular complexity index is 498. The Morgan fingerprint density at radius 2 is 1.83 bits per heavy atom. The molecule has 1 aromatic rings. The summed E-state index contributed by atoms with van der Waals surface area (Å²) >= 11 is 0. The van der Waals surface area contributed by atoms with Gasteiger partial charge in [-0.15, -0.1) is 0 Å². The SMILES string of the molecule is O=C1CCCN1C1CCN(CCCOCCc2ccccc2)CC1. The lowest BCUT2D eigenvalue weighted by molar-refractivity contribution is -0.130. The highest BCUT2D eigenvalue weighted by Crippen LogP contribution is 2.22. The number of carbonyl (C=O) groups is 1. The van der Waals surface area contributed by atoms with Gasteiger partial charge < -0.3 is 14.5 Å². The second kappa shape index (κ2) is 9.19. The van der Waals surface area contributed by atoms with Crippen LogP contribution in [0.15, 0.2) is 30.3 Å². The topological polar surface area (TPSA) is 32.8 Å². The van der Waals surface area contributed by atoms with E-state index in [1.165, 1.54) is 5.56 Å². The summed E-state index contributed by atoms with van der Waals surface area (Å²) < 4.78 is 5.77. The van der Waals surface area contributed by atoms with Gasteiger partial charge in [-0.05, 0) is 37.7 Å². The van der Waals surface area contributed by atoms with E-state index in [0.717, 1.165) is 77.9 Å². The smallest absolute Gasteiger partial charge is 0.222 e. The maximum Gasteiger partial charge on any atom is 0.222 e. The molecule has 0 radical (unpaired) electrons. The molecule has 0 unspecified atom stereocenters. The molecule has 2 aliphatic rings. The van der Waals surface area contributed by atoms with Crippen LogP contribution >= 0.6 is 0 Å². The van der Waals surface area contributed by atoms with Crippen molar-refractivity contribution in [3.05, 3.63) is 35.9 Å². The first-order chi connectivity index (χ1) is 11.8. The van der Waals surface area contributed by atoms with Crippen LogP contribution in [-0.4, -0.2) is 61.1 Å². The number of hydrogen-bond acceptors (Lipinski definition) is 3. The Hall–Kier alpha value is -1.39. The van der Waals surface area contributed by atoms with E-state index in [4.69, 9.17) is 4.74 Å². The summed E-state index contributed by atoms with van der Waals surface area (Å²) in [5.41, 5.74) is 1.34. The monoisotopic (exact) mass is 330 g/mol. The molecule has 4 heteroatoms. The van der Waals surface area contributed by atoms with Crippen LogP contribution < -0.4 is 0 Å². The van der Waals surface area contributed by atoms with E-state index in [2.05, 4.69) is 34.1 Å². The first-order valence-corrected chi connectivity index (χ1v) is 9.46. The van der Waals surface area contributed by atoms with E-state index >= 15 is 0 Å². The molecule has 0 saturated carbocycles. The van der Waals surface area contributed by atoms with E-state index in [0.29, 0.717) is 11.9 Å². The molecule has 1 amide bonds. The minimum absolute atomic E-state index is 0.375. The average molecular weight is 330 g/mol. The van der Waals surface area contributed by atoms with Gasteiger partial charge in [-0.3, -0.25) is 4.79 Å². The maximum absolute atomic E-state index is 11.8. The Labute approximate surface area is 145 Å². The molecule has 2 saturated heterocycles. The van der Waals surface area contributed by atoms with Crippen molar-refractivity contribution < 1.29 is 9.53 Å². The predicted molar refractivity (Wildman–Crippen MR) is 96.0 cm³/mol. The van der Waals surface area contributed by atoms with Crippen molar-refractivity contribution in [1.82, 2.24) is 9.80 Å². The lowest BCUT2D eigenvalue weighted by atomic mass is 10.0. The van der Waals surface area contributed by atoms with E-state index in [1.54, 1.807) is 0 Å². The van der Waals surface area contributed by atoms with Gasteiger partial charge in [0.25, 0.3) is 0 Å². The molecule has 1 aromatic carbocycles. The number of likely N-dealkylation sites (tertiary alicyclic amines) is 2. The first kappa shape index (κ1) is 17.4. The fourth-order valence-corrected chi connectivity index (χ4v) is 3.84. The summed E-state index contributed by atoms with van der Waals surface area (Å²) in [5.74, 6) is 0.375. The Morgan fingerprint density at radius 1 is 1.04 bits per heavy atom. The van der Waals surface area contributed by atoms with Crippen molar-refractivity contribution in [2.75, 3.05) is 39.4 Å². The second-order valence-corrected chi connectivity index (χ2v) is 6.97. The van der Waals surface area contributed by atoms with Gasteiger partial charge in [0.1, 0.15) is 0 Å². The van der Waals surface area contributed by atoms with Gasteiger partial charge in [0, 0.05) is 45.2 Å². The number of rotatable bonds is 8. The predicted octanol–water partition coefficient (Wildman–Crippen LogP) is 2.72. The normalized spacial score (nSPS) is 20.0. The number of piperidine rings is 1. The van der Waals surface area contributed by atoms with Crippen LogP contribution in [0, 0.1) is 0 Å². The molecule has 2 aliphatic heterocycles. The van der Waals surface area contributed by atoms with Crippen LogP contribution in [0.4, 0.5) is 0 Å². The van der Waals surface area contributed by atoms with Gasteiger partial charge in [0.2, 0.25) is 5.91 Å². The third-order valence-corrected chi connectivity index (χ3v) is 5.25. The number of nitrogens with zero attached hydrogens (tertiary/aromatic N) is 2. The van der Waals surface area contributed by atoms with Crippen molar-refractivity contribution in [1.29, 1.82) is 0 Å². The average Bonchev–Trinajstić information content (AvgIpc) is 3.05. The Kier molecular flexibility index (Phi) is 6.67. The fraction of sp³-hybridized carbons (Fsp3) is 0.650. The highest BCUT2D eigenvalue weighted by Gasteiger charge is 2.30. The second-order valence-electron chi connectivity index (χ2n) is 6.97. The summed E-state index contributed by atoms with van der Waals surface area (Å²) in [6.07, 6.45) is 6.19. The van der Waals surface area contributed by atoms with E-state index in [-0.39, 0.29) is 0 Å². The maximum atomic E-state index is 11.8. The molecule has 0 spiro atoms. The molecule has 0 N–H and O–H groups in total. The zero-order valence-electron chi connectivity index (χ0n) is 14.7. The van der Waals surface area contributed by atoms with Gasteiger partial charge in [-0.2, -0.15) is 0 Å². The third-order valence-electron chi connectivity index (χ3n) is 5.25. The van der Waals surface area contributed by atoms with Gasteiger partial charge in [0.15, 0.2) is 0 Å². The van der Waals surface area contributed by atoms with E-state index in [1.807, 2.05) is 6.07 Å².